The Hall–Kier alpha value is -3.12. The minimum atomic E-state index is -0.409. The first-order valence-electron chi connectivity index (χ1n) is 7.53. The van der Waals surface area contributed by atoms with Crippen molar-refractivity contribution >= 4 is 34.6 Å². The van der Waals surface area contributed by atoms with Gasteiger partial charge in [0.25, 0.3) is 11.8 Å². The molecule has 2 aromatic heterocycles. The first-order valence-corrected chi connectivity index (χ1v) is 7.91. The number of amides is 2. The van der Waals surface area contributed by atoms with Gasteiger partial charge in [-0.05, 0) is 36.4 Å². The normalized spacial score (nSPS) is 10.4. The van der Waals surface area contributed by atoms with Crippen molar-refractivity contribution in [2.75, 3.05) is 11.9 Å². The lowest BCUT2D eigenvalue weighted by atomic mass is 10.3. The molecule has 25 heavy (non-hydrogen) atoms. The molecule has 0 radical (unpaired) electrons. The summed E-state index contributed by atoms with van der Waals surface area (Å²) in [6, 6.07) is 12.0. The lowest BCUT2D eigenvalue weighted by Crippen LogP contribution is -2.25. The van der Waals surface area contributed by atoms with Crippen molar-refractivity contribution in [1.82, 2.24) is 14.7 Å². The third-order valence-corrected chi connectivity index (χ3v) is 3.73. The van der Waals surface area contributed by atoms with E-state index in [0.717, 1.165) is 0 Å². The maximum absolute atomic E-state index is 12.6. The number of anilines is 1. The Morgan fingerprint density at radius 3 is 2.64 bits per heavy atom. The van der Waals surface area contributed by atoms with Crippen molar-refractivity contribution in [2.45, 2.75) is 0 Å². The molecular weight excluding hydrogens is 340 g/mol. The quantitative estimate of drug-likeness (QED) is 0.691. The number of halogens is 1. The average molecular weight is 355 g/mol. The molecule has 0 spiro atoms. The SMILES string of the molecule is C=CCNC(=O)c1nc(C(=O)Nc2ccc(Cl)cc2)c2ccccn12. The number of nitrogens with zero attached hydrogens (tertiary/aromatic N) is 2. The number of aromatic nitrogens is 2. The van der Waals surface area contributed by atoms with Crippen molar-refractivity contribution in [3.8, 4) is 0 Å². The van der Waals surface area contributed by atoms with Crippen LogP contribution in [0.25, 0.3) is 5.52 Å². The van der Waals surface area contributed by atoms with Crippen LogP contribution in [0.15, 0.2) is 61.3 Å². The lowest BCUT2D eigenvalue weighted by Gasteiger charge is -2.03. The molecule has 7 heteroatoms. The summed E-state index contributed by atoms with van der Waals surface area (Å²) in [5, 5.41) is 5.99. The smallest absolute Gasteiger partial charge is 0.287 e. The maximum Gasteiger partial charge on any atom is 0.287 e. The van der Waals surface area contributed by atoms with Gasteiger partial charge in [0.15, 0.2) is 5.69 Å². The zero-order valence-corrected chi connectivity index (χ0v) is 14.0. The predicted octanol–water partition coefficient (Wildman–Crippen LogP) is 3.16. The Bertz CT molecular complexity index is 947. The molecule has 6 nitrogen and oxygen atoms in total. The summed E-state index contributed by atoms with van der Waals surface area (Å²) in [6.07, 6.45) is 3.26. The maximum atomic E-state index is 12.6. The van der Waals surface area contributed by atoms with E-state index < -0.39 is 5.91 Å². The highest BCUT2D eigenvalue weighted by Crippen LogP contribution is 2.17. The van der Waals surface area contributed by atoms with Crippen LogP contribution >= 0.6 is 11.6 Å². The van der Waals surface area contributed by atoms with Gasteiger partial charge >= 0.3 is 0 Å². The fraction of sp³-hybridized carbons (Fsp3) is 0.0556. The van der Waals surface area contributed by atoms with Gasteiger partial charge in [-0.3, -0.25) is 14.0 Å². The van der Waals surface area contributed by atoms with E-state index >= 15 is 0 Å². The molecule has 0 saturated heterocycles. The number of carbonyl (C=O) groups excluding carboxylic acids is 2. The Morgan fingerprint density at radius 2 is 1.92 bits per heavy atom. The van der Waals surface area contributed by atoms with Gasteiger partial charge in [0, 0.05) is 23.5 Å². The van der Waals surface area contributed by atoms with Crippen LogP contribution < -0.4 is 10.6 Å². The standard InChI is InChI=1S/C18H15ClN4O2/c1-2-10-20-18(25)16-22-15(14-5-3-4-11-23(14)16)17(24)21-13-8-6-12(19)7-9-13/h2-9,11H,1,10H2,(H,20,25)(H,21,24). The third kappa shape index (κ3) is 3.54. The van der Waals surface area contributed by atoms with Gasteiger partial charge in [0.2, 0.25) is 5.82 Å². The van der Waals surface area contributed by atoms with Crippen LogP contribution in [-0.2, 0) is 0 Å². The number of hydrogen-bond acceptors (Lipinski definition) is 3. The van der Waals surface area contributed by atoms with E-state index in [-0.39, 0.29) is 17.4 Å². The number of pyridine rings is 1. The summed E-state index contributed by atoms with van der Waals surface area (Å²) in [7, 11) is 0. The van der Waals surface area contributed by atoms with Crippen LogP contribution in [-0.4, -0.2) is 27.7 Å². The highest BCUT2D eigenvalue weighted by Gasteiger charge is 2.21. The van der Waals surface area contributed by atoms with E-state index in [2.05, 4.69) is 22.2 Å². The topological polar surface area (TPSA) is 75.5 Å². The Kier molecular flexibility index (Phi) is 4.81. The summed E-state index contributed by atoms with van der Waals surface area (Å²) >= 11 is 5.84. The minimum Gasteiger partial charge on any atom is -0.346 e. The highest BCUT2D eigenvalue weighted by molar-refractivity contribution is 6.30. The molecule has 3 aromatic rings. The minimum absolute atomic E-state index is 0.138. The van der Waals surface area contributed by atoms with Gasteiger partial charge in [-0.1, -0.05) is 23.7 Å². The molecule has 1 aromatic carbocycles. The largest absolute Gasteiger partial charge is 0.346 e. The molecule has 0 fully saturated rings. The zero-order valence-electron chi connectivity index (χ0n) is 13.2. The van der Waals surface area contributed by atoms with E-state index in [4.69, 9.17) is 11.6 Å². The van der Waals surface area contributed by atoms with Crippen LogP contribution in [0.1, 0.15) is 21.1 Å². The molecule has 0 atom stereocenters. The second-order valence-corrected chi connectivity index (χ2v) is 5.64. The summed E-state index contributed by atoms with van der Waals surface area (Å²) < 4.78 is 1.58. The van der Waals surface area contributed by atoms with E-state index in [9.17, 15) is 9.59 Å². The monoisotopic (exact) mass is 354 g/mol. The zero-order chi connectivity index (χ0) is 17.8. The molecule has 2 heterocycles. The lowest BCUT2D eigenvalue weighted by molar-refractivity contribution is 0.0947. The van der Waals surface area contributed by atoms with Gasteiger partial charge in [-0.15, -0.1) is 6.58 Å². The highest BCUT2D eigenvalue weighted by atomic mass is 35.5. The first-order chi connectivity index (χ1) is 12.1. The van der Waals surface area contributed by atoms with Crippen molar-refractivity contribution < 1.29 is 9.59 Å². The van der Waals surface area contributed by atoms with Crippen LogP contribution in [0.3, 0.4) is 0 Å². The number of imidazole rings is 1. The van der Waals surface area contributed by atoms with Crippen LogP contribution in [0, 0.1) is 0 Å². The molecular formula is C18H15ClN4O2. The Labute approximate surface area is 149 Å². The number of benzene rings is 1. The fourth-order valence-electron chi connectivity index (χ4n) is 2.33. The summed E-state index contributed by atoms with van der Waals surface area (Å²) in [4.78, 5) is 29.1. The molecule has 2 N–H and O–H groups in total. The van der Waals surface area contributed by atoms with Crippen molar-refractivity contribution in [1.29, 1.82) is 0 Å². The van der Waals surface area contributed by atoms with Gasteiger partial charge in [-0.25, -0.2) is 4.98 Å². The van der Waals surface area contributed by atoms with Crippen LogP contribution in [0.4, 0.5) is 5.69 Å². The number of nitrogens with one attached hydrogen (secondary N) is 2. The van der Waals surface area contributed by atoms with Gasteiger partial charge in [-0.2, -0.15) is 0 Å². The Morgan fingerprint density at radius 1 is 1.16 bits per heavy atom. The van der Waals surface area contributed by atoms with E-state index in [1.807, 2.05) is 0 Å². The summed E-state index contributed by atoms with van der Waals surface area (Å²) in [6.45, 7) is 3.87. The van der Waals surface area contributed by atoms with E-state index in [0.29, 0.717) is 22.8 Å². The molecule has 0 unspecified atom stereocenters. The number of hydrogen-bond donors (Lipinski definition) is 2. The number of rotatable bonds is 5. The van der Waals surface area contributed by atoms with E-state index in [1.54, 1.807) is 59.1 Å². The van der Waals surface area contributed by atoms with Crippen molar-refractivity contribution in [2.24, 2.45) is 0 Å². The molecule has 3 rings (SSSR count). The molecule has 0 aliphatic carbocycles. The number of carbonyl (C=O) groups is 2. The van der Waals surface area contributed by atoms with Gasteiger partial charge in [0.05, 0.1) is 5.52 Å². The second-order valence-electron chi connectivity index (χ2n) is 5.20. The Balaban J connectivity index is 1.95. The third-order valence-electron chi connectivity index (χ3n) is 3.48. The van der Waals surface area contributed by atoms with Gasteiger partial charge in [0.1, 0.15) is 0 Å². The second kappa shape index (κ2) is 7.19. The van der Waals surface area contributed by atoms with Crippen LogP contribution in [0.2, 0.25) is 5.02 Å². The van der Waals surface area contributed by atoms with Crippen molar-refractivity contribution in [3.05, 3.63) is 77.9 Å². The molecule has 0 aliphatic rings. The fourth-order valence-corrected chi connectivity index (χ4v) is 2.46. The predicted molar refractivity (Wildman–Crippen MR) is 97.1 cm³/mol. The summed E-state index contributed by atoms with van der Waals surface area (Å²) in [5.74, 6) is -0.654. The molecule has 126 valence electrons. The van der Waals surface area contributed by atoms with Crippen molar-refractivity contribution in [3.63, 3.8) is 0 Å². The average Bonchev–Trinajstić information content (AvgIpc) is 3.01. The van der Waals surface area contributed by atoms with Crippen LogP contribution in [0.5, 0.6) is 0 Å². The van der Waals surface area contributed by atoms with E-state index in [1.165, 1.54) is 0 Å². The molecule has 0 bridgehead atoms. The molecule has 0 aliphatic heterocycles. The van der Waals surface area contributed by atoms with Gasteiger partial charge < -0.3 is 10.6 Å². The molecule has 0 saturated carbocycles. The number of fused-ring (bicyclic) bond motifs is 1. The molecule has 2 amide bonds. The summed E-state index contributed by atoms with van der Waals surface area (Å²) in [5.41, 5.74) is 1.29. The first kappa shape index (κ1) is 16.7.